The van der Waals surface area contributed by atoms with E-state index in [4.69, 9.17) is 0 Å². The van der Waals surface area contributed by atoms with Crippen LogP contribution in [0, 0.1) is 0 Å². The number of hydrogen-bond donors (Lipinski definition) is 0. The molecule has 21 heavy (non-hydrogen) atoms. The summed E-state index contributed by atoms with van der Waals surface area (Å²) in [7, 11) is 0. The van der Waals surface area contributed by atoms with Crippen LogP contribution in [0.1, 0.15) is 57.4 Å². The van der Waals surface area contributed by atoms with E-state index in [9.17, 15) is 0 Å². The predicted octanol–water partition coefficient (Wildman–Crippen LogP) is 6.04. The molecule has 1 nitrogen and oxygen atoms in total. The average Bonchev–Trinajstić information content (AvgIpc) is 2.55. The minimum absolute atomic E-state index is 1.17. The molecule has 2 rings (SSSR count). The highest BCUT2D eigenvalue weighted by Gasteiger charge is 2.04. The van der Waals surface area contributed by atoms with Crippen molar-refractivity contribution in [3.63, 3.8) is 0 Å². The van der Waals surface area contributed by atoms with Crippen molar-refractivity contribution in [2.45, 2.75) is 58.3 Å². The molecule has 0 N–H and O–H groups in total. The summed E-state index contributed by atoms with van der Waals surface area (Å²) in [5, 5.41) is 0. The van der Waals surface area contributed by atoms with Crippen molar-refractivity contribution in [1.82, 2.24) is 4.98 Å². The van der Waals surface area contributed by atoms with Gasteiger partial charge in [0.05, 0.1) is 0 Å². The van der Waals surface area contributed by atoms with E-state index in [1.807, 2.05) is 12.4 Å². The summed E-state index contributed by atoms with van der Waals surface area (Å²) >= 11 is 0. The number of aryl methyl sites for hydroxylation is 1. The quantitative estimate of drug-likeness (QED) is 0.510. The third-order valence-electron chi connectivity index (χ3n) is 4.05. The van der Waals surface area contributed by atoms with Gasteiger partial charge in [-0.05, 0) is 30.0 Å². The molecular weight excluding hydrogens is 254 g/mol. The van der Waals surface area contributed by atoms with Crippen molar-refractivity contribution in [1.29, 1.82) is 0 Å². The standard InChI is InChI=1S/C20H27N/c1-2-3-4-5-6-7-9-14-19-15-16-21-17-20(19)18-12-10-8-11-13-18/h8,10-13,15-17H,2-7,9,14H2,1H3. The summed E-state index contributed by atoms with van der Waals surface area (Å²) in [5.74, 6) is 0. The first-order valence-electron chi connectivity index (χ1n) is 8.40. The third-order valence-corrected chi connectivity index (χ3v) is 4.05. The molecule has 0 saturated carbocycles. The minimum Gasteiger partial charge on any atom is -0.264 e. The van der Waals surface area contributed by atoms with Crippen LogP contribution in [0.3, 0.4) is 0 Å². The first-order chi connectivity index (χ1) is 10.4. The highest BCUT2D eigenvalue weighted by molar-refractivity contribution is 5.66. The maximum absolute atomic E-state index is 4.30. The molecule has 1 heterocycles. The molecule has 1 heteroatoms. The SMILES string of the molecule is CCCCCCCCCc1ccncc1-c1ccccc1. The second kappa shape index (κ2) is 9.33. The number of rotatable bonds is 9. The van der Waals surface area contributed by atoms with Crippen molar-refractivity contribution in [3.05, 3.63) is 54.4 Å². The second-order valence-electron chi connectivity index (χ2n) is 5.77. The van der Waals surface area contributed by atoms with Crippen LogP contribution in [-0.4, -0.2) is 4.98 Å². The van der Waals surface area contributed by atoms with Crippen molar-refractivity contribution < 1.29 is 0 Å². The van der Waals surface area contributed by atoms with Gasteiger partial charge in [0, 0.05) is 18.0 Å². The van der Waals surface area contributed by atoms with Gasteiger partial charge >= 0.3 is 0 Å². The van der Waals surface area contributed by atoms with Crippen LogP contribution in [0.5, 0.6) is 0 Å². The van der Waals surface area contributed by atoms with Gasteiger partial charge in [-0.1, -0.05) is 75.8 Å². The van der Waals surface area contributed by atoms with Crippen LogP contribution in [-0.2, 0) is 6.42 Å². The van der Waals surface area contributed by atoms with Gasteiger partial charge in [0.1, 0.15) is 0 Å². The smallest absolute Gasteiger partial charge is 0.0349 e. The molecule has 0 aliphatic heterocycles. The largest absolute Gasteiger partial charge is 0.264 e. The van der Waals surface area contributed by atoms with Crippen molar-refractivity contribution in [2.24, 2.45) is 0 Å². The van der Waals surface area contributed by atoms with Gasteiger partial charge in [-0.25, -0.2) is 0 Å². The highest BCUT2D eigenvalue weighted by Crippen LogP contribution is 2.24. The molecule has 0 amide bonds. The Hall–Kier alpha value is -1.63. The van der Waals surface area contributed by atoms with E-state index in [-0.39, 0.29) is 0 Å². The first-order valence-corrected chi connectivity index (χ1v) is 8.40. The zero-order valence-electron chi connectivity index (χ0n) is 13.2. The highest BCUT2D eigenvalue weighted by atomic mass is 14.6. The molecule has 0 atom stereocenters. The summed E-state index contributed by atoms with van der Waals surface area (Å²) in [4.78, 5) is 4.30. The lowest BCUT2D eigenvalue weighted by atomic mass is 9.97. The van der Waals surface area contributed by atoms with Crippen molar-refractivity contribution in [2.75, 3.05) is 0 Å². The number of unbranched alkanes of at least 4 members (excludes halogenated alkanes) is 6. The molecular formula is C20H27N. The van der Waals surface area contributed by atoms with Crippen LogP contribution in [0.2, 0.25) is 0 Å². The maximum Gasteiger partial charge on any atom is 0.0349 e. The number of pyridine rings is 1. The van der Waals surface area contributed by atoms with Crippen molar-refractivity contribution in [3.8, 4) is 11.1 Å². The molecule has 0 aliphatic rings. The molecule has 112 valence electrons. The van der Waals surface area contributed by atoms with Gasteiger partial charge in [0.25, 0.3) is 0 Å². The number of hydrogen-bond acceptors (Lipinski definition) is 1. The lowest BCUT2D eigenvalue weighted by Gasteiger charge is -2.09. The fraction of sp³-hybridized carbons (Fsp3) is 0.450. The molecule has 1 aromatic heterocycles. The number of nitrogens with zero attached hydrogens (tertiary/aromatic N) is 1. The van der Waals surface area contributed by atoms with Gasteiger partial charge < -0.3 is 0 Å². The number of benzene rings is 1. The summed E-state index contributed by atoms with van der Waals surface area (Å²) < 4.78 is 0. The van der Waals surface area contributed by atoms with Gasteiger partial charge in [0.2, 0.25) is 0 Å². The van der Waals surface area contributed by atoms with Gasteiger partial charge in [-0.3, -0.25) is 4.98 Å². The zero-order chi connectivity index (χ0) is 14.8. The summed E-state index contributed by atoms with van der Waals surface area (Å²) in [5.41, 5.74) is 4.01. The van der Waals surface area contributed by atoms with Crippen LogP contribution in [0.25, 0.3) is 11.1 Å². The topological polar surface area (TPSA) is 12.9 Å². The Morgan fingerprint density at radius 1 is 0.810 bits per heavy atom. The van der Waals surface area contributed by atoms with E-state index in [2.05, 4.69) is 48.3 Å². The molecule has 1 aromatic carbocycles. The van der Waals surface area contributed by atoms with Gasteiger partial charge in [0.15, 0.2) is 0 Å². The zero-order valence-corrected chi connectivity index (χ0v) is 13.2. The van der Waals surface area contributed by atoms with Gasteiger partial charge in [-0.15, -0.1) is 0 Å². The van der Waals surface area contributed by atoms with E-state index in [1.165, 1.54) is 68.1 Å². The Morgan fingerprint density at radius 2 is 1.52 bits per heavy atom. The van der Waals surface area contributed by atoms with Crippen molar-refractivity contribution >= 4 is 0 Å². The molecule has 0 aliphatic carbocycles. The summed E-state index contributed by atoms with van der Waals surface area (Å²) in [6, 6.07) is 12.8. The fourth-order valence-corrected chi connectivity index (χ4v) is 2.79. The Balaban J connectivity index is 1.84. The molecule has 0 unspecified atom stereocenters. The predicted molar refractivity (Wildman–Crippen MR) is 91.4 cm³/mol. The van der Waals surface area contributed by atoms with E-state index in [0.29, 0.717) is 0 Å². The van der Waals surface area contributed by atoms with E-state index in [0.717, 1.165) is 0 Å². The van der Waals surface area contributed by atoms with E-state index >= 15 is 0 Å². The normalized spacial score (nSPS) is 10.7. The molecule has 0 fully saturated rings. The lowest BCUT2D eigenvalue weighted by molar-refractivity contribution is 0.589. The monoisotopic (exact) mass is 281 g/mol. The fourth-order valence-electron chi connectivity index (χ4n) is 2.79. The summed E-state index contributed by atoms with van der Waals surface area (Å²) in [6.07, 6.45) is 14.6. The lowest BCUT2D eigenvalue weighted by Crippen LogP contribution is -1.92. The Labute approximate surface area is 129 Å². The average molecular weight is 281 g/mol. The first kappa shape index (κ1) is 15.8. The van der Waals surface area contributed by atoms with Crippen LogP contribution >= 0.6 is 0 Å². The van der Waals surface area contributed by atoms with Crippen LogP contribution in [0.15, 0.2) is 48.8 Å². The summed E-state index contributed by atoms with van der Waals surface area (Å²) in [6.45, 7) is 2.27. The second-order valence-corrected chi connectivity index (χ2v) is 5.77. The maximum atomic E-state index is 4.30. The van der Waals surface area contributed by atoms with Crippen LogP contribution in [0.4, 0.5) is 0 Å². The molecule has 0 spiro atoms. The Bertz CT molecular complexity index is 504. The molecule has 0 saturated heterocycles. The van der Waals surface area contributed by atoms with E-state index < -0.39 is 0 Å². The Morgan fingerprint density at radius 3 is 2.29 bits per heavy atom. The molecule has 0 bridgehead atoms. The van der Waals surface area contributed by atoms with Gasteiger partial charge in [-0.2, -0.15) is 0 Å². The van der Waals surface area contributed by atoms with Crippen LogP contribution < -0.4 is 0 Å². The number of aromatic nitrogens is 1. The third kappa shape index (κ3) is 5.34. The minimum atomic E-state index is 1.17. The Kier molecular flexibility index (Phi) is 7.00. The van der Waals surface area contributed by atoms with E-state index in [1.54, 1.807) is 0 Å². The molecule has 2 aromatic rings. The molecule has 0 radical (unpaired) electrons.